The standard InChI is InChI=1S/C46H29N3/c1-3-13-32(14-4-1)46-48-45-42(49(46)34-16-5-2-6-17-34)28-27-39-38-21-11-12-22-41(38)47-44(43(39)45)31-25-23-30(24-26-31)40-29-33-15-7-8-18-35(33)36-19-9-10-20-37(36)40/h1-29H. The highest BCUT2D eigenvalue weighted by atomic mass is 15.1. The third-order valence-electron chi connectivity index (χ3n) is 9.77. The van der Waals surface area contributed by atoms with Crippen molar-refractivity contribution in [3.63, 3.8) is 0 Å². The van der Waals surface area contributed by atoms with Crippen LogP contribution in [0.4, 0.5) is 0 Å². The number of nitrogens with zero attached hydrogens (tertiary/aromatic N) is 3. The largest absolute Gasteiger partial charge is 0.292 e. The van der Waals surface area contributed by atoms with E-state index in [0.29, 0.717) is 0 Å². The lowest BCUT2D eigenvalue weighted by Gasteiger charge is -2.14. The zero-order chi connectivity index (χ0) is 32.3. The molecule has 0 aliphatic heterocycles. The molecule has 0 saturated heterocycles. The molecule has 8 aromatic carbocycles. The minimum Gasteiger partial charge on any atom is -0.292 e. The molecular weight excluding hydrogens is 595 g/mol. The second-order valence-corrected chi connectivity index (χ2v) is 12.6. The van der Waals surface area contributed by atoms with Crippen LogP contribution in [0.2, 0.25) is 0 Å². The first-order valence-electron chi connectivity index (χ1n) is 16.7. The first kappa shape index (κ1) is 27.5. The Kier molecular flexibility index (Phi) is 6.18. The Morgan fingerprint density at radius 1 is 0.408 bits per heavy atom. The van der Waals surface area contributed by atoms with Crippen molar-refractivity contribution in [2.45, 2.75) is 0 Å². The van der Waals surface area contributed by atoms with Crippen molar-refractivity contribution in [3.8, 4) is 39.5 Å². The van der Waals surface area contributed by atoms with Gasteiger partial charge in [-0.25, -0.2) is 9.97 Å². The Hall–Kier alpha value is -6.58. The molecule has 3 nitrogen and oxygen atoms in total. The van der Waals surface area contributed by atoms with Gasteiger partial charge in [-0.1, -0.05) is 146 Å². The molecule has 0 aliphatic carbocycles. The molecule has 0 atom stereocenters. The summed E-state index contributed by atoms with van der Waals surface area (Å²) in [7, 11) is 0. The molecule has 10 aromatic rings. The maximum absolute atomic E-state index is 5.43. The quantitative estimate of drug-likeness (QED) is 0.183. The zero-order valence-corrected chi connectivity index (χ0v) is 26.6. The van der Waals surface area contributed by atoms with Crippen molar-refractivity contribution in [1.82, 2.24) is 14.5 Å². The Morgan fingerprint density at radius 3 is 1.84 bits per heavy atom. The molecule has 0 bridgehead atoms. The van der Waals surface area contributed by atoms with Gasteiger partial charge in [-0.3, -0.25) is 4.57 Å². The minimum absolute atomic E-state index is 0.909. The monoisotopic (exact) mass is 623 g/mol. The van der Waals surface area contributed by atoms with Gasteiger partial charge in [0.05, 0.1) is 22.2 Å². The van der Waals surface area contributed by atoms with Crippen LogP contribution in [0.1, 0.15) is 0 Å². The fraction of sp³-hybridized carbons (Fsp3) is 0. The Morgan fingerprint density at radius 2 is 1.04 bits per heavy atom. The lowest BCUT2D eigenvalue weighted by Crippen LogP contribution is -1.97. The minimum atomic E-state index is 0.909. The molecule has 49 heavy (non-hydrogen) atoms. The van der Waals surface area contributed by atoms with E-state index in [4.69, 9.17) is 9.97 Å². The molecular formula is C46H29N3. The predicted octanol–water partition coefficient (Wildman–Crippen LogP) is 12.0. The summed E-state index contributed by atoms with van der Waals surface area (Å²) in [4.78, 5) is 10.8. The molecule has 0 aliphatic rings. The first-order valence-corrected chi connectivity index (χ1v) is 16.7. The SMILES string of the molecule is c1ccc(-c2nc3c4c(-c5ccc(-c6cc7ccccc7c7ccccc67)cc5)nc5ccccc5c4ccc3n2-c2ccccc2)cc1. The Labute approximate surface area is 283 Å². The topological polar surface area (TPSA) is 30.7 Å². The van der Waals surface area contributed by atoms with Gasteiger partial charge in [0.15, 0.2) is 0 Å². The molecule has 3 heteroatoms. The van der Waals surface area contributed by atoms with E-state index in [9.17, 15) is 0 Å². The molecule has 10 rings (SSSR count). The Balaban J connectivity index is 1.24. The van der Waals surface area contributed by atoms with Gasteiger partial charge in [0.2, 0.25) is 0 Å². The highest BCUT2D eigenvalue weighted by molar-refractivity contribution is 6.20. The van der Waals surface area contributed by atoms with E-state index in [1.165, 1.54) is 32.7 Å². The molecule has 0 spiro atoms. The normalized spacial score (nSPS) is 11.7. The molecule has 0 N–H and O–H groups in total. The van der Waals surface area contributed by atoms with E-state index in [-0.39, 0.29) is 0 Å². The summed E-state index contributed by atoms with van der Waals surface area (Å²) in [5.41, 5.74) is 9.52. The van der Waals surface area contributed by atoms with Gasteiger partial charge >= 0.3 is 0 Å². The van der Waals surface area contributed by atoms with E-state index in [0.717, 1.165) is 61.0 Å². The van der Waals surface area contributed by atoms with Crippen molar-refractivity contribution in [1.29, 1.82) is 0 Å². The number of hydrogen-bond acceptors (Lipinski definition) is 2. The van der Waals surface area contributed by atoms with Crippen molar-refractivity contribution < 1.29 is 0 Å². The third-order valence-corrected chi connectivity index (χ3v) is 9.77. The van der Waals surface area contributed by atoms with Gasteiger partial charge < -0.3 is 0 Å². The van der Waals surface area contributed by atoms with Crippen LogP contribution in [0.15, 0.2) is 176 Å². The molecule has 0 unspecified atom stereocenters. The molecule has 2 aromatic heterocycles. The summed E-state index contributed by atoms with van der Waals surface area (Å²) in [6.45, 7) is 0. The second-order valence-electron chi connectivity index (χ2n) is 12.6. The number of imidazole rings is 1. The van der Waals surface area contributed by atoms with Crippen LogP contribution >= 0.6 is 0 Å². The summed E-state index contributed by atoms with van der Waals surface area (Å²) >= 11 is 0. The fourth-order valence-electron chi connectivity index (χ4n) is 7.51. The van der Waals surface area contributed by atoms with Crippen LogP contribution in [0.3, 0.4) is 0 Å². The van der Waals surface area contributed by atoms with Crippen LogP contribution in [-0.2, 0) is 0 Å². The number of rotatable bonds is 4. The average molecular weight is 624 g/mol. The second kappa shape index (κ2) is 11.0. The van der Waals surface area contributed by atoms with E-state index < -0.39 is 0 Å². The number of benzene rings is 8. The lowest BCUT2D eigenvalue weighted by molar-refractivity contribution is 1.10. The number of pyridine rings is 1. The lowest BCUT2D eigenvalue weighted by atomic mass is 9.92. The maximum Gasteiger partial charge on any atom is 0.145 e. The average Bonchev–Trinajstić information content (AvgIpc) is 3.58. The van der Waals surface area contributed by atoms with Gasteiger partial charge in [-0.15, -0.1) is 0 Å². The van der Waals surface area contributed by atoms with Crippen LogP contribution < -0.4 is 0 Å². The van der Waals surface area contributed by atoms with Crippen LogP contribution in [-0.4, -0.2) is 14.5 Å². The van der Waals surface area contributed by atoms with Crippen molar-refractivity contribution >= 4 is 54.3 Å². The molecule has 0 fully saturated rings. The highest BCUT2D eigenvalue weighted by Gasteiger charge is 2.21. The number of hydrogen-bond donors (Lipinski definition) is 0. The molecule has 0 radical (unpaired) electrons. The number of fused-ring (bicyclic) bond motifs is 8. The molecule has 2 heterocycles. The molecule has 0 amide bonds. The summed E-state index contributed by atoms with van der Waals surface area (Å²) in [5.74, 6) is 0.909. The third kappa shape index (κ3) is 4.37. The Bertz CT molecular complexity index is 2850. The summed E-state index contributed by atoms with van der Waals surface area (Å²) in [6, 6.07) is 62.5. The number of para-hydroxylation sites is 2. The van der Waals surface area contributed by atoms with Crippen LogP contribution in [0.5, 0.6) is 0 Å². The zero-order valence-electron chi connectivity index (χ0n) is 26.6. The van der Waals surface area contributed by atoms with Crippen LogP contribution in [0.25, 0.3) is 93.7 Å². The van der Waals surface area contributed by atoms with Crippen molar-refractivity contribution in [3.05, 3.63) is 176 Å². The van der Waals surface area contributed by atoms with Gasteiger partial charge in [0, 0.05) is 27.6 Å². The van der Waals surface area contributed by atoms with E-state index in [1.807, 2.05) is 6.07 Å². The first-order chi connectivity index (χ1) is 24.3. The van der Waals surface area contributed by atoms with Crippen LogP contribution in [0, 0.1) is 0 Å². The fourth-order valence-corrected chi connectivity index (χ4v) is 7.51. The summed E-state index contributed by atoms with van der Waals surface area (Å²) in [5, 5.41) is 8.38. The molecule has 228 valence electrons. The van der Waals surface area contributed by atoms with Crippen molar-refractivity contribution in [2.75, 3.05) is 0 Å². The van der Waals surface area contributed by atoms with Gasteiger partial charge in [-0.2, -0.15) is 0 Å². The van der Waals surface area contributed by atoms with Gasteiger partial charge in [0.1, 0.15) is 5.82 Å². The predicted molar refractivity (Wildman–Crippen MR) is 205 cm³/mol. The van der Waals surface area contributed by atoms with E-state index in [1.54, 1.807) is 0 Å². The van der Waals surface area contributed by atoms with E-state index >= 15 is 0 Å². The van der Waals surface area contributed by atoms with E-state index in [2.05, 4.69) is 174 Å². The maximum atomic E-state index is 5.43. The van der Waals surface area contributed by atoms with Gasteiger partial charge in [-0.05, 0) is 68.4 Å². The van der Waals surface area contributed by atoms with Crippen molar-refractivity contribution in [2.24, 2.45) is 0 Å². The molecule has 0 saturated carbocycles. The number of aromatic nitrogens is 3. The van der Waals surface area contributed by atoms with Gasteiger partial charge in [0.25, 0.3) is 0 Å². The summed E-state index contributed by atoms with van der Waals surface area (Å²) < 4.78 is 2.27. The highest BCUT2D eigenvalue weighted by Crippen LogP contribution is 2.41. The smallest absolute Gasteiger partial charge is 0.145 e. The summed E-state index contributed by atoms with van der Waals surface area (Å²) in [6.07, 6.45) is 0.